The van der Waals surface area contributed by atoms with Gasteiger partial charge in [0.1, 0.15) is 5.75 Å². The molecule has 0 saturated carbocycles. The van der Waals surface area contributed by atoms with Crippen molar-refractivity contribution in [1.29, 1.82) is 0 Å². The van der Waals surface area contributed by atoms with Crippen LogP contribution in [0.2, 0.25) is 5.02 Å². The van der Waals surface area contributed by atoms with Gasteiger partial charge in [0, 0.05) is 17.6 Å². The highest BCUT2D eigenvalue weighted by molar-refractivity contribution is 6.31. The fourth-order valence-electron chi connectivity index (χ4n) is 2.88. The summed E-state index contributed by atoms with van der Waals surface area (Å²) in [5.74, 6) is 0.0303. The van der Waals surface area contributed by atoms with Gasteiger partial charge in [-0.2, -0.15) is 9.78 Å². The van der Waals surface area contributed by atoms with Crippen LogP contribution < -0.4 is 21.3 Å². The minimum absolute atomic E-state index is 0.103. The zero-order valence-corrected chi connectivity index (χ0v) is 18.2. The average Bonchev–Trinajstić information content (AvgIpc) is 2.76. The second-order valence-electron chi connectivity index (χ2n) is 7.33. The molecule has 0 saturated heterocycles. The van der Waals surface area contributed by atoms with Crippen molar-refractivity contribution in [1.82, 2.24) is 19.7 Å². The van der Waals surface area contributed by atoms with Crippen LogP contribution in [0.25, 0.3) is 5.69 Å². The molecule has 8 nitrogen and oxygen atoms in total. The fraction of sp³-hybridized carbons (Fsp3) is 0.273. The molecule has 0 bridgehead atoms. The van der Waals surface area contributed by atoms with E-state index in [0.29, 0.717) is 28.6 Å². The summed E-state index contributed by atoms with van der Waals surface area (Å²) in [7, 11) is 1.50. The number of aromatic nitrogens is 3. The van der Waals surface area contributed by atoms with Crippen molar-refractivity contribution < 1.29 is 9.53 Å². The van der Waals surface area contributed by atoms with Gasteiger partial charge in [0.05, 0.1) is 19.3 Å². The van der Waals surface area contributed by atoms with E-state index in [1.165, 1.54) is 7.11 Å². The number of methoxy groups -OCH3 is 1. The van der Waals surface area contributed by atoms with Gasteiger partial charge >= 0.3 is 5.69 Å². The predicted molar refractivity (Wildman–Crippen MR) is 118 cm³/mol. The maximum atomic E-state index is 13.2. The molecule has 1 heterocycles. The van der Waals surface area contributed by atoms with Crippen LogP contribution in [0.15, 0.2) is 58.1 Å². The van der Waals surface area contributed by atoms with Crippen molar-refractivity contribution in [2.24, 2.45) is 5.92 Å². The van der Waals surface area contributed by atoms with E-state index in [2.05, 4.69) is 10.4 Å². The summed E-state index contributed by atoms with van der Waals surface area (Å²) in [6.07, 6.45) is 0. The summed E-state index contributed by atoms with van der Waals surface area (Å²) in [5, 5.41) is 7.18. The first-order valence-corrected chi connectivity index (χ1v) is 10.1. The molecule has 9 heteroatoms. The molecule has 0 radical (unpaired) electrons. The normalized spacial score (nSPS) is 10.9. The summed E-state index contributed by atoms with van der Waals surface area (Å²) in [4.78, 5) is 39.0. The molecule has 162 valence electrons. The van der Waals surface area contributed by atoms with Gasteiger partial charge in [0.2, 0.25) is 5.69 Å². The largest absolute Gasteiger partial charge is 0.497 e. The summed E-state index contributed by atoms with van der Waals surface area (Å²) in [6.45, 7) is 4.12. The van der Waals surface area contributed by atoms with Gasteiger partial charge in [-0.05, 0) is 29.7 Å². The minimum atomic E-state index is -0.787. The Hall–Kier alpha value is -3.39. The zero-order chi connectivity index (χ0) is 22.5. The molecule has 0 fully saturated rings. The highest BCUT2D eigenvalue weighted by Crippen LogP contribution is 2.16. The van der Waals surface area contributed by atoms with Gasteiger partial charge in [-0.1, -0.05) is 49.7 Å². The van der Waals surface area contributed by atoms with Crippen molar-refractivity contribution in [3.05, 3.63) is 85.6 Å². The molecule has 2 aromatic carbocycles. The summed E-state index contributed by atoms with van der Waals surface area (Å²) >= 11 is 6.23. The Labute approximate surface area is 184 Å². The maximum Gasteiger partial charge on any atom is 0.352 e. The van der Waals surface area contributed by atoms with Crippen LogP contribution in [-0.2, 0) is 6.54 Å². The molecule has 3 aromatic rings. The first kappa shape index (κ1) is 22.3. The van der Waals surface area contributed by atoms with E-state index in [0.717, 1.165) is 9.25 Å². The second kappa shape index (κ2) is 9.61. The van der Waals surface area contributed by atoms with Crippen LogP contribution in [0.1, 0.15) is 29.9 Å². The van der Waals surface area contributed by atoms with Crippen molar-refractivity contribution in [2.45, 2.75) is 20.4 Å². The lowest BCUT2D eigenvalue weighted by Crippen LogP contribution is -2.46. The van der Waals surface area contributed by atoms with Crippen molar-refractivity contribution in [3.8, 4) is 11.4 Å². The number of halogens is 1. The van der Waals surface area contributed by atoms with Gasteiger partial charge in [0.25, 0.3) is 11.5 Å². The van der Waals surface area contributed by atoms with E-state index in [9.17, 15) is 14.4 Å². The number of carbonyl (C=O) groups is 1. The monoisotopic (exact) mass is 442 g/mol. The second-order valence-corrected chi connectivity index (χ2v) is 7.74. The van der Waals surface area contributed by atoms with Crippen molar-refractivity contribution in [3.63, 3.8) is 0 Å². The number of carbonyl (C=O) groups excluding carboxylic acids is 1. The molecule has 1 N–H and O–H groups in total. The summed E-state index contributed by atoms with van der Waals surface area (Å²) in [6, 6.07) is 13.5. The van der Waals surface area contributed by atoms with E-state index in [1.54, 1.807) is 48.5 Å². The standard InChI is InChI=1S/C22H23ClN4O4/c1-14(2)12-24-20(28)19-21(29)26(13-15-7-4-5-10-18(15)23)22(30)27(25-19)16-8-6-9-17(11-16)31-3/h4-11,14H,12-13H2,1-3H3,(H,24,28). The first-order chi connectivity index (χ1) is 14.8. The molecule has 1 aromatic heterocycles. The smallest absolute Gasteiger partial charge is 0.352 e. The topological polar surface area (TPSA) is 95.2 Å². The Morgan fingerprint density at radius 1 is 1.16 bits per heavy atom. The van der Waals surface area contributed by atoms with Crippen molar-refractivity contribution >= 4 is 17.5 Å². The predicted octanol–water partition coefficient (Wildman–Crippen LogP) is 2.49. The Morgan fingerprint density at radius 3 is 2.58 bits per heavy atom. The van der Waals surface area contributed by atoms with Crippen LogP contribution in [0.4, 0.5) is 0 Å². The van der Waals surface area contributed by atoms with Gasteiger partial charge in [-0.25, -0.2) is 4.79 Å². The molecule has 0 aliphatic heterocycles. The number of hydrogen-bond acceptors (Lipinski definition) is 5. The van der Waals surface area contributed by atoms with Gasteiger partial charge in [0.15, 0.2) is 0 Å². The van der Waals surface area contributed by atoms with Crippen LogP contribution >= 0.6 is 11.6 Å². The highest BCUT2D eigenvalue weighted by Gasteiger charge is 2.21. The SMILES string of the molecule is COc1cccc(-n2nc(C(=O)NCC(C)C)c(=O)n(Cc3ccccc3Cl)c2=O)c1. The number of benzene rings is 2. The number of ether oxygens (including phenoxy) is 1. The third-order valence-electron chi connectivity index (χ3n) is 4.53. The summed E-state index contributed by atoms with van der Waals surface area (Å²) < 4.78 is 7.19. The third-order valence-corrected chi connectivity index (χ3v) is 4.90. The highest BCUT2D eigenvalue weighted by atomic mass is 35.5. The number of rotatable bonds is 7. The number of hydrogen-bond donors (Lipinski definition) is 1. The number of amides is 1. The van der Waals surface area contributed by atoms with Crippen LogP contribution in [0.3, 0.4) is 0 Å². The molecular formula is C22H23ClN4O4. The molecule has 31 heavy (non-hydrogen) atoms. The molecule has 0 aliphatic rings. The number of nitrogens with one attached hydrogen (secondary N) is 1. The van der Waals surface area contributed by atoms with E-state index in [-0.39, 0.29) is 18.2 Å². The maximum absolute atomic E-state index is 13.2. The molecule has 1 amide bonds. The quantitative estimate of drug-likeness (QED) is 0.606. The van der Waals surface area contributed by atoms with Gasteiger partial charge in [-0.15, -0.1) is 0 Å². The zero-order valence-electron chi connectivity index (χ0n) is 17.5. The Morgan fingerprint density at radius 2 is 1.90 bits per heavy atom. The van der Waals surface area contributed by atoms with Crippen LogP contribution in [0.5, 0.6) is 5.75 Å². The lowest BCUT2D eigenvalue weighted by atomic mass is 10.2. The van der Waals surface area contributed by atoms with E-state index >= 15 is 0 Å². The lowest BCUT2D eigenvalue weighted by molar-refractivity contribution is 0.0939. The summed E-state index contributed by atoms with van der Waals surface area (Å²) in [5.41, 5.74) is -0.936. The lowest BCUT2D eigenvalue weighted by Gasteiger charge is -2.14. The molecule has 0 unspecified atom stereocenters. The van der Waals surface area contributed by atoms with Crippen molar-refractivity contribution in [2.75, 3.05) is 13.7 Å². The van der Waals surface area contributed by atoms with Crippen LogP contribution in [-0.4, -0.2) is 33.9 Å². The Kier molecular flexibility index (Phi) is 6.91. The molecule has 0 aliphatic carbocycles. The first-order valence-electron chi connectivity index (χ1n) is 9.72. The van der Waals surface area contributed by atoms with E-state index in [4.69, 9.17) is 16.3 Å². The molecule has 0 spiro atoms. The molecule has 3 rings (SSSR count). The Bertz CT molecular complexity index is 1220. The number of nitrogens with zero attached hydrogens (tertiary/aromatic N) is 3. The molecule has 0 atom stereocenters. The molecular weight excluding hydrogens is 420 g/mol. The Balaban J connectivity index is 2.19. The van der Waals surface area contributed by atoms with Gasteiger partial charge in [-0.3, -0.25) is 14.2 Å². The minimum Gasteiger partial charge on any atom is -0.497 e. The third kappa shape index (κ3) is 5.03. The van der Waals surface area contributed by atoms with Crippen LogP contribution in [0, 0.1) is 5.92 Å². The van der Waals surface area contributed by atoms with E-state index in [1.807, 2.05) is 13.8 Å². The van der Waals surface area contributed by atoms with Gasteiger partial charge < -0.3 is 10.1 Å². The average molecular weight is 443 g/mol. The fourth-order valence-corrected chi connectivity index (χ4v) is 3.08. The van der Waals surface area contributed by atoms with E-state index < -0.39 is 17.2 Å².